The van der Waals surface area contributed by atoms with Crippen LogP contribution in [0.5, 0.6) is 0 Å². The topological polar surface area (TPSA) is 105 Å². The van der Waals surface area contributed by atoms with Crippen LogP contribution in [0.1, 0.15) is 28.4 Å². The molecule has 0 saturated carbocycles. The van der Waals surface area contributed by atoms with Crippen molar-refractivity contribution >= 4 is 28.6 Å². The van der Waals surface area contributed by atoms with Crippen molar-refractivity contribution in [2.24, 2.45) is 0 Å². The molecule has 1 atom stereocenters. The highest BCUT2D eigenvalue weighted by Crippen LogP contribution is 2.23. The molecular weight excluding hydrogens is 390 g/mol. The van der Waals surface area contributed by atoms with Gasteiger partial charge in [-0.25, -0.2) is 9.78 Å². The number of fused-ring (bicyclic) bond motifs is 1. The molecule has 0 unspecified atom stereocenters. The fourth-order valence-electron chi connectivity index (χ4n) is 2.86. The van der Waals surface area contributed by atoms with Crippen LogP contribution in [0.25, 0.3) is 10.9 Å². The Bertz CT molecular complexity index is 1160. The van der Waals surface area contributed by atoms with E-state index in [9.17, 15) is 14.7 Å². The lowest BCUT2D eigenvalue weighted by Crippen LogP contribution is -2.28. The van der Waals surface area contributed by atoms with Crippen molar-refractivity contribution in [1.29, 1.82) is 5.26 Å². The second-order valence-electron chi connectivity index (χ2n) is 6.48. The van der Waals surface area contributed by atoms with E-state index in [1.54, 1.807) is 31.2 Å². The Labute approximate surface area is 171 Å². The first-order chi connectivity index (χ1) is 13.9. The Hall–Kier alpha value is -3.15. The minimum Gasteiger partial charge on any atom is -0.465 e. The predicted octanol–water partition coefficient (Wildman–Crippen LogP) is 2.73. The van der Waals surface area contributed by atoms with Gasteiger partial charge >= 0.3 is 5.97 Å². The maximum Gasteiger partial charge on any atom is 0.337 e. The minimum atomic E-state index is -0.734. The summed E-state index contributed by atoms with van der Waals surface area (Å²) in [5.74, 6) is -0.0198. The van der Waals surface area contributed by atoms with Crippen molar-refractivity contribution in [2.75, 3.05) is 7.11 Å². The third-order valence-electron chi connectivity index (χ3n) is 4.21. The summed E-state index contributed by atoms with van der Waals surface area (Å²) in [6, 6.07) is 13.9. The van der Waals surface area contributed by atoms with Gasteiger partial charge in [-0.15, -0.1) is 0 Å². The fourth-order valence-corrected chi connectivity index (χ4v) is 3.81. The highest BCUT2D eigenvalue weighted by molar-refractivity contribution is 7.98. The molecule has 3 rings (SSSR count). The van der Waals surface area contributed by atoms with Crippen LogP contribution >= 0.6 is 11.8 Å². The van der Waals surface area contributed by atoms with Crippen molar-refractivity contribution in [3.63, 3.8) is 0 Å². The maximum absolute atomic E-state index is 13.0. The lowest BCUT2D eigenvalue weighted by Gasteiger charge is -2.15. The smallest absolute Gasteiger partial charge is 0.337 e. The van der Waals surface area contributed by atoms with Crippen LogP contribution in [0, 0.1) is 11.3 Å². The zero-order valence-electron chi connectivity index (χ0n) is 16.0. The average molecular weight is 409 g/mol. The average Bonchev–Trinajstić information content (AvgIpc) is 2.73. The lowest BCUT2D eigenvalue weighted by molar-refractivity contribution is 0.0601. The van der Waals surface area contributed by atoms with Gasteiger partial charge in [-0.1, -0.05) is 23.9 Å². The number of thioether (sulfide) groups is 1. The van der Waals surface area contributed by atoms with Crippen molar-refractivity contribution in [3.8, 4) is 6.07 Å². The first kappa shape index (κ1) is 20.6. The second-order valence-corrected chi connectivity index (χ2v) is 7.43. The first-order valence-corrected chi connectivity index (χ1v) is 9.84. The molecule has 0 amide bonds. The molecule has 2 aromatic carbocycles. The number of nitriles is 1. The minimum absolute atomic E-state index is 0.0983. The van der Waals surface area contributed by atoms with E-state index in [0.29, 0.717) is 32.9 Å². The van der Waals surface area contributed by atoms with E-state index in [2.05, 4.69) is 11.1 Å². The number of carbonyl (C=O) groups excluding carboxylic acids is 1. The number of hydrogen-bond acceptors (Lipinski definition) is 7. The van der Waals surface area contributed by atoms with Gasteiger partial charge in [0.2, 0.25) is 0 Å². The first-order valence-electron chi connectivity index (χ1n) is 8.85. The van der Waals surface area contributed by atoms with Crippen LogP contribution in [-0.2, 0) is 17.0 Å². The number of aliphatic hydroxyl groups is 1. The number of esters is 1. The standard InChI is InChI=1S/C21H19N3O4S/c1-13(25)11-24-19(26)17-7-6-16(20(27)28-2)9-18(17)23-21(24)29-12-15-5-3-4-14(8-15)10-22/h3-9,13,25H,11-12H2,1-2H3/t13-/m0/s1. The molecule has 0 fully saturated rings. The Morgan fingerprint density at radius 2 is 2.14 bits per heavy atom. The number of hydrogen-bond donors (Lipinski definition) is 1. The molecule has 0 radical (unpaired) electrons. The summed E-state index contributed by atoms with van der Waals surface area (Å²) < 4.78 is 6.17. The van der Waals surface area contributed by atoms with E-state index in [1.807, 2.05) is 6.07 Å². The zero-order valence-corrected chi connectivity index (χ0v) is 16.8. The van der Waals surface area contributed by atoms with E-state index in [4.69, 9.17) is 10.00 Å². The molecule has 148 valence electrons. The van der Waals surface area contributed by atoms with Crippen LogP contribution in [0.4, 0.5) is 0 Å². The van der Waals surface area contributed by atoms with Gasteiger partial charge in [-0.05, 0) is 42.8 Å². The summed E-state index contributed by atoms with van der Waals surface area (Å²) in [5, 5.41) is 19.7. The van der Waals surface area contributed by atoms with E-state index in [1.165, 1.54) is 35.6 Å². The summed E-state index contributed by atoms with van der Waals surface area (Å²) in [7, 11) is 1.29. The van der Waals surface area contributed by atoms with Gasteiger partial charge in [0.15, 0.2) is 5.16 Å². The summed E-state index contributed by atoms with van der Waals surface area (Å²) >= 11 is 1.33. The summed E-state index contributed by atoms with van der Waals surface area (Å²) in [5.41, 5.74) is 1.86. The predicted molar refractivity (Wildman–Crippen MR) is 110 cm³/mol. The number of benzene rings is 2. The van der Waals surface area contributed by atoms with Gasteiger partial charge in [0.25, 0.3) is 5.56 Å². The highest BCUT2D eigenvalue weighted by Gasteiger charge is 2.15. The molecule has 3 aromatic rings. The van der Waals surface area contributed by atoms with Gasteiger partial charge in [0.05, 0.1) is 47.9 Å². The fraction of sp³-hybridized carbons (Fsp3) is 0.238. The molecule has 0 saturated heterocycles. The Morgan fingerprint density at radius 1 is 1.34 bits per heavy atom. The molecule has 1 heterocycles. The van der Waals surface area contributed by atoms with Crippen LogP contribution < -0.4 is 5.56 Å². The zero-order chi connectivity index (χ0) is 21.0. The van der Waals surface area contributed by atoms with E-state index in [-0.39, 0.29) is 12.1 Å². The second kappa shape index (κ2) is 8.90. The highest BCUT2D eigenvalue weighted by atomic mass is 32.2. The van der Waals surface area contributed by atoms with Gasteiger partial charge in [0.1, 0.15) is 0 Å². The molecule has 0 aliphatic carbocycles. The molecule has 1 N–H and O–H groups in total. The third-order valence-corrected chi connectivity index (χ3v) is 5.26. The number of ether oxygens (including phenoxy) is 1. The third kappa shape index (κ3) is 4.65. The van der Waals surface area contributed by atoms with Gasteiger partial charge in [-0.2, -0.15) is 5.26 Å². The number of methoxy groups -OCH3 is 1. The summed E-state index contributed by atoms with van der Waals surface area (Å²) in [6.45, 7) is 1.70. The van der Waals surface area contributed by atoms with E-state index in [0.717, 1.165) is 5.56 Å². The van der Waals surface area contributed by atoms with Crippen LogP contribution in [0.2, 0.25) is 0 Å². The molecule has 1 aromatic heterocycles. The molecule has 29 heavy (non-hydrogen) atoms. The van der Waals surface area contributed by atoms with Crippen LogP contribution in [0.15, 0.2) is 52.4 Å². The maximum atomic E-state index is 13.0. The molecule has 0 aliphatic rings. The monoisotopic (exact) mass is 409 g/mol. The van der Waals surface area contributed by atoms with Crippen LogP contribution in [0.3, 0.4) is 0 Å². The Balaban J connectivity index is 2.05. The van der Waals surface area contributed by atoms with E-state index >= 15 is 0 Å². The molecule has 8 heteroatoms. The van der Waals surface area contributed by atoms with Crippen molar-refractivity contribution in [1.82, 2.24) is 9.55 Å². The SMILES string of the molecule is COC(=O)c1ccc2c(=O)n(C[C@H](C)O)c(SCc3cccc(C#N)c3)nc2c1. The quantitative estimate of drug-likeness (QED) is 0.379. The Kier molecular flexibility index (Phi) is 6.32. The normalized spacial score (nSPS) is 11.8. The number of nitrogens with zero attached hydrogens (tertiary/aromatic N) is 3. The number of rotatable bonds is 6. The summed E-state index contributed by atoms with van der Waals surface area (Å²) in [4.78, 5) is 29.4. The molecule has 0 spiro atoms. The molecular formula is C21H19N3O4S. The number of aliphatic hydroxyl groups excluding tert-OH is 1. The largest absolute Gasteiger partial charge is 0.465 e. The van der Waals surface area contributed by atoms with Crippen molar-refractivity contribution < 1.29 is 14.6 Å². The van der Waals surface area contributed by atoms with Gasteiger partial charge in [0, 0.05) is 5.75 Å². The number of carbonyl (C=O) groups is 1. The Morgan fingerprint density at radius 3 is 2.83 bits per heavy atom. The molecule has 0 bridgehead atoms. The number of aromatic nitrogens is 2. The van der Waals surface area contributed by atoms with Gasteiger partial charge in [-0.3, -0.25) is 9.36 Å². The van der Waals surface area contributed by atoms with Crippen molar-refractivity contribution in [3.05, 3.63) is 69.5 Å². The lowest BCUT2D eigenvalue weighted by atomic mass is 10.1. The molecule has 0 aliphatic heterocycles. The van der Waals surface area contributed by atoms with Gasteiger partial charge < -0.3 is 9.84 Å². The molecule has 7 nitrogen and oxygen atoms in total. The van der Waals surface area contributed by atoms with Crippen LogP contribution in [-0.4, -0.2) is 33.8 Å². The van der Waals surface area contributed by atoms with Crippen molar-refractivity contribution in [2.45, 2.75) is 30.5 Å². The summed E-state index contributed by atoms with van der Waals surface area (Å²) in [6.07, 6.45) is -0.734. The van der Waals surface area contributed by atoms with E-state index < -0.39 is 12.1 Å².